The standard InChI is InChI=1S/C20H23N5O4S2/c21-15-17-5-1-2-6-19(17)31(28,29)25-13-11-23(12-14-25)20-8-7-18(16-22-20)30(26,27)24-9-3-4-10-24/h1-2,5-8,16H,3-4,9-14H2. The first kappa shape index (κ1) is 21.7. The van der Waals surface area contributed by atoms with Crippen LogP contribution in [0, 0.1) is 11.3 Å². The molecule has 0 unspecified atom stereocenters. The van der Waals surface area contributed by atoms with E-state index < -0.39 is 20.0 Å². The first-order valence-electron chi connectivity index (χ1n) is 10.0. The summed E-state index contributed by atoms with van der Waals surface area (Å²) < 4.78 is 54.0. The number of nitriles is 1. The monoisotopic (exact) mass is 461 g/mol. The second-order valence-electron chi connectivity index (χ2n) is 7.46. The number of piperazine rings is 1. The lowest BCUT2D eigenvalue weighted by Gasteiger charge is -2.34. The summed E-state index contributed by atoms with van der Waals surface area (Å²) in [5.74, 6) is 0.606. The van der Waals surface area contributed by atoms with E-state index in [1.165, 1.54) is 26.9 Å². The molecule has 0 spiro atoms. The highest BCUT2D eigenvalue weighted by atomic mass is 32.2. The van der Waals surface area contributed by atoms with Crippen molar-refractivity contribution < 1.29 is 16.8 Å². The summed E-state index contributed by atoms with van der Waals surface area (Å²) in [6, 6.07) is 11.3. The van der Waals surface area contributed by atoms with Crippen LogP contribution in [0.1, 0.15) is 18.4 Å². The van der Waals surface area contributed by atoms with Gasteiger partial charge in [0, 0.05) is 45.5 Å². The van der Waals surface area contributed by atoms with Gasteiger partial charge in [-0.3, -0.25) is 0 Å². The van der Waals surface area contributed by atoms with Crippen molar-refractivity contribution in [2.75, 3.05) is 44.2 Å². The summed E-state index contributed by atoms with van der Waals surface area (Å²) in [7, 11) is -7.28. The molecule has 0 bridgehead atoms. The Morgan fingerprint density at radius 1 is 0.806 bits per heavy atom. The van der Waals surface area contributed by atoms with Crippen LogP contribution in [0.4, 0.5) is 5.82 Å². The lowest BCUT2D eigenvalue weighted by molar-refractivity contribution is 0.383. The molecule has 3 heterocycles. The minimum Gasteiger partial charge on any atom is -0.354 e. The molecule has 2 saturated heterocycles. The normalized spacial score (nSPS) is 18.7. The lowest BCUT2D eigenvalue weighted by atomic mass is 10.2. The largest absolute Gasteiger partial charge is 0.354 e. The molecule has 164 valence electrons. The molecule has 2 aliphatic rings. The van der Waals surface area contributed by atoms with Gasteiger partial charge in [-0.25, -0.2) is 21.8 Å². The van der Waals surface area contributed by atoms with Gasteiger partial charge in [0.15, 0.2) is 0 Å². The maximum atomic E-state index is 13.0. The molecule has 2 fully saturated rings. The van der Waals surface area contributed by atoms with Crippen molar-refractivity contribution in [2.45, 2.75) is 22.6 Å². The summed E-state index contributed by atoms with van der Waals surface area (Å²) in [5.41, 5.74) is 0.126. The lowest BCUT2D eigenvalue weighted by Crippen LogP contribution is -2.49. The summed E-state index contributed by atoms with van der Waals surface area (Å²) in [6.45, 7) is 2.40. The number of hydrogen-bond acceptors (Lipinski definition) is 7. The molecular weight excluding hydrogens is 438 g/mol. The molecule has 0 radical (unpaired) electrons. The van der Waals surface area contributed by atoms with Gasteiger partial charge in [0.05, 0.1) is 10.5 Å². The molecule has 0 aliphatic carbocycles. The van der Waals surface area contributed by atoms with E-state index in [1.54, 1.807) is 24.3 Å². The van der Waals surface area contributed by atoms with E-state index in [-0.39, 0.29) is 28.4 Å². The molecule has 31 heavy (non-hydrogen) atoms. The van der Waals surface area contributed by atoms with Gasteiger partial charge < -0.3 is 4.90 Å². The molecule has 0 N–H and O–H groups in total. The van der Waals surface area contributed by atoms with Crippen molar-refractivity contribution in [3.8, 4) is 6.07 Å². The van der Waals surface area contributed by atoms with Crippen LogP contribution >= 0.6 is 0 Å². The van der Waals surface area contributed by atoms with Gasteiger partial charge in [-0.15, -0.1) is 0 Å². The number of rotatable bonds is 5. The number of benzene rings is 1. The summed E-state index contributed by atoms with van der Waals surface area (Å²) in [5, 5.41) is 9.22. The second-order valence-corrected chi connectivity index (χ2v) is 11.3. The zero-order chi connectivity index (χ0) is 22.1. The smallest absolute Gasteiger partial charge is 0.244 e. The Bertz CT molecular complexity index is 1190. The van der Waals surface area contributed by atoms with E-state index in [0.717, 1.165) is 12.8 Å². The summed E-state index contributed by atoms with van der Waals surface area (Å²) in [4.78, 5) is 6.43. The molecule has 2 aromatic rings. The van der Waals surface area contributed by atoms with E-state index in [2.05, 4.69) is 4.98 Å². The first-order chi connectivity index (χ1) is 14.8. The van der Waals surface area contributed by atoms with E-state index >= 15 is 0 Å². The third-order valence-corrected chi connectivity index (χ3v) is 9.45. The third kappa shape index (κ3) is 4.16. The molecule has 1 aromatic carbocycles. The number of hydrogen-bond donors (Lipinski definition) is 0. The fraction of sp³-hybridized carbons (Fsp3) is 0.400. The van der Waals surface area contributed by atoms with E-state index in [4.69, 9.17) is 0 Å². The fourth-order valence-corrected chi connectivity index (χ4v) is 6.90. The van der Waals surface area contributed by atoms with Gasteiger partial charge in [0.2, 0.25) is 20.0 Å². The van der Waals surface area contributed by atoms with Crippen LogP contribution in [0.25, 0.3) is 0 Å². The van der Waals surface area contributed by atoms with Crippen LogP contribution in [0.5, 0.6) is 0 Å². The van der Waals surface area contributed by atoms with Gasteiger partial charge in [0.25, 0.3) is 0 Å². The average molecular weight is 462 g/mol. The maximum Gasteiger partial charge on any atom is 0.244 e. The summed E-state index contributed by atoms with van der Waals surface area (Å²) >= 11 is 0. The zero-order valence-corrected chi connectivity index (χ0v) is 18.5. The second kappa shape index (κ2) is 8.55. The predicted molar refractivity (Wildman–Crippen MR) is 114 cm³/mol. The molecular formula is C20H23N5O4S2. The highest BCUT2D eigenvalue weighted by Crippen LogP contribution is 2.24. The van der Waals surface area contributed by atoms with Crippen LogP contribution < -0.4 is 4.90 Å². The van der Waals surface area contributed by atoms with E-state index in [9.17, 15) is 22.1 Å². The first-order valence-corrected chi connectivity index (χ1v) is 12.9. The molecule has 11 heteroatoms. The summed E-state index contributed by atoms with van der Waals surface area (Å²) in [6.07, 6.45) is 3.11. The van der Waals surface area contributed by atoms with Crippen LogP contribution in [-0.4, -0.2) is 69.7 Å². The molecule has 0 amide bonds. The van der Waals surface area contributed by atoms with Crippen molar-refractivity contribution in [1.82, 2.24) is 13.6 Å². The Morgan fingerprint density at radius 3 is 2.06 bits per heavy atom. The minimum atomic E-state index is -3.77. The van der Waals surface area contributed by atoms with E-state index in [1.807, 2.05) is 11.0 Å². The minimum absolute atomic E-state index is 0.0144. The number of pyridine rings is 1. The topological polar surface area (TPSA) is 115 Å². The Labute approximate surface area is 182 Å². The van der Waals surface area contributed by atoms with Crippen LogP contribution in [-0.2, 0) is 20.0 Å². The van der Waals surface area contributed by atoms with Crippen molar-refractivity contribution in [3.05, 3.63) is 48.2 Å². The molecule has 2 aliphatic heterocycles. The average Bonchev–Trinajstić information content (AvgIpc) is 3.35. The van der Waals surface area contributed by atoms with E-state index in [0.29, 0.717) is 32.0 Å². The van der Waals surface area contributed by atoms with Crippen molar-refractivity contribution in [2.24, 2.45) is 0 Å². The number of sulfonamides is 2. The third-order valence-electron chi connectivity index (χ3n) is 5.61. The van der Waals surface area contributed by atoms with Gasteiger partial charge >= 0.3 is 0 Å². The predicted octanol–water partition coefficient (Wildman–Crippen LogP) is 1.25. The van der Waals surface area contributed by atoms with Gasteiger partial charge in [0.1, 0.15) is 16.8 Å². The highest BCUT2D eigenvalue weighted by molar-refractivity contribution is 7.89. The van der Waals surface area contributed by atoms with Gasteiger partial charge in [-0.05, 0) is 37.1 Å². The maximum absolute atomic E-state index is 13.0. The SMILES string of the molecule is N#Cc1ccccc1S(=O)(=O)N1CCN(c2ccc(S(=O)(=O)N3CCCC3)cn2)CC1. The Kier molecular flexibility index (Phi) is 5.98. The Hall–Kier alpha value is -2.52. The molecule has 9 nitrogen and oxygen atoms in total. The Balaban J connectivity index is 1.45. The fourth-order valence-electron chi connectivity index (χ4n) is 3.87. The van der Waals surface area contributed by atoms with Gasteiger partial charge in [-0.1, -0.05) is 12.1 Å². The number of anilines is 1. The van der Waals surface area contributed by atoms with Crippen LogP contribution in [0.15, 0.2) is 52.4 Å². The van der Waals surface area contributed by atoms with Crippen molar-refractivity contribution >= 4 is 25.9 Å². The van der Waals surface area contributed by atoms with Crippen LogP contribution in [0.3, 0.4) is 0 Å². The van der Waals surface area contributed by atoms with Crippen molar-refractivity contribution in [3.63, 3.8) is 0 Å². The van der Waals surface area contributed by atoms with Gasteiger partial charge in [-0.2, -0.15) is 13.9 Å². The molecule has 0 atom stereocenters. The number of nitrogens with zero attached hydrogens (tertiary/aromatic N) is 5. The van der Waals surface area contributed by atoms with Crippen LogP contribution in [0.2, 0.25) is 0 Å². The highest BCUT2D eigenvalue weighted by Gasteiger charge is 2.31. The molecule has 1 aromatic heterocycles. The molecule has 4 rings (SSSR count). The zero-order valence-electron chi connectivity index (χ0n) is 16.9. The Morgan fingerprint density at radius 2 is 1.45 bits per heavy atom. The number of aromatic nitrogens is 1. The molecule has 0 saturated carbocycles. The quantitative estimate of drug-likeness (QED) is 0.658. The van der Waals surface area contributed by atoms with Crippen molar-refractivity contribution in [1.29, 1.82) is 5.26 Å².